The van der Waals surface area contributed by atoms with Crippen LogP contribution in [0.15, 0.2) is 91.0 Å². The van der Waals surface area contributed by atoms with Crippen molar-refractivity contribution in [1.82, 2.24) is 0 Å². The summed E-state index contributed by atoms with van der Waals surface area (Å²) in [4.78, 5) is 12.5. The van der Waals surface area contributed by atoms with E-state index in [9.17, 15) is 4.91 Å². The molecule has 4 heteroatoms. The zero-order valence-corrected chi connectivity index (χ0v) is 16.9. The van der Waals surface area contributed by atoms with Crippen molar-refractivity contribution in [2.24, 2.45) is 0 Å². The van der Waals surface area contributed by atoms with E-state index in [0.717, 1.165) is 19.0 Å². The zero-order chi connectivity index (χ0) is 17.8. The first-order valence-corrected chi connectivity index (χ1v) is 11.3. The van der Waals surface area contributed by atoms with E-state index < -0.39 is 7.26 Å². The Bertz CT molecular complexity index is 774. The van der Waals surface area contributed by atoms with Gasteiger partial charge in [-0.2, -0.15) is 0 Å². The molecule has 0 radical (unpaired) electrons. The molecule has 3 aromatic carbocycles. The van der Waals surface area contributed by atoms with Crippen LogP contribution in [0.3, 0.4) is 0 Å². The fourth-order valence-corrected chi connectivity index (χ4v) is 8.69. The highest BCUT2D eigenvalue weighted by molar-refractivity contribution is 7.95. The van der Waals surface area contributed by atoms with Gasteiger partial charge in [0.25, 0.3) is 0 Å². The molecule has 0 saturated carbocycles. The maximum absolute atomic E-state index is 12.5. The van der Waals surface area contributed by atoms with Crippen LogP contribution in [-0.4, -0.2) is 23.5 Å². The number of nitrogens with zero attached hydrogens (tertiary/aromatic N) is 1. The molecule has 2 nitrogen and oxygen atoms in total. The Morgan fingerprint density at radius 3 is 1.48 bits per heavy atom. The highest BCUT2D eigenvalue weighted by Gasteiger charge is 2.51. The molecule has 1 saturated heterocycles. The van der Waals surface area contributed by atoms with Crippen molar-refractivity contribution in [2.75, 3.05) is 12.7 Å². The van der Waals surface area contributed by atoms with Crippen molar-refractivity contribution in [3.8, 4) is 0 Å². The summed E-state index contributed by atoms with van der Waals surface area (Å²) >= 11 is 0. The van der Waals surface area contributed by atoms with Gasteiger partial charge in [-0.1, -0.05) is 54.6 Å². The second-order valence-corrected chi connectivity index (χ2v) is 10.5. The second-order valence-electron chi connectivity index (χ2n) is 6.94. The van der Waals surface area contributed by atoms with Crippen molar-refractivity contribution in [1.29, 1.82) is 0 Å². The third kappa shape index (κ3) is 3.83. The van der Waals surface area contributed by atoms with Crippen LogP contribution < -0.4 is 28.3 Å². The minimum Gasteiger partial charge on any atom is -1.00 e. The molecule has 1 aliphatic heterocycles. The molecule has 138 valence electrons. The van der Waals surface area contributed by atoms with Crippen molar-refractivity contribution in [3.05, 3.63) is 95.9 Å². The molecule has 4 rings (SSSR count). The van der Waals surface area contributed by atoms with Gasteiger partial charge < -0.3 is 12.4 Å². The summed E-state index contributed by atoms with van der Waals surface area (Å²) in [6.45, 7) is 0.670. The van der Waals surface area contributed by atoms with Gasteiger partial charge in [-0.25, -0.2) is 0 Å². The average molecular weight is 397 g/mol. The molecule has 0 aromatic heterocycles. The molecule has 1 unspecified atom stereocenters. The van der Waals surface area contributed by atoms with Gasteiger partial charge in [0.1, 0.15) is 29.3 Å². The lowest BCUT2D eigenvalue weighted by molar-refractivity contribution is -0.559. The van der Waals surface area contributed by atoms with Crippen LogP contribution in [0.4, 0.5) is 0 Å². The molecule has 0 N–H and O–H groups in total. The predicted molar refractivity (Wildman–Crippen MR) is 112 cm³/mol. The van der Waals surface area contributed by atoms with Crippen molar-refractivity contribution in [2.45, 2.75) is 18.9 Å². The Balaban J connectivity index is 0.00000210. The van der Waals surface area contributed by atoms with Gasteiger partial charge in [0.15, 0.2) is 6.54 Å². The first kappa shape index (κ1) is 19.7. The van der Waals surface area contributed by atoms with Crippen LogP contribution >= 0.6 is 7.26 Å². The van der Waals surface area contributed by atoms with Gasteiger partial charge in [-0.15, -0.1) is 0 Å². The van der Waals surface area contributed by atoms with Crippen LogP contribution in [0.5, 0.6) is 0 Å². The molecule has 1 aliphatic rings. The van der Waals surface area contributed by atoms with E-state index in [1.165, 1.54) is 20.7 Å². The minimum absolute atomic E-state index is 0. The lowest BCUT2D eigenvalue weighted by Gasteiger charge is -2.27. The number of benzene rings is 3. The Kier molecular flexibility index (Phi) is 6.42. The first-order valence-electron chi connectivity index (χ1n) is 9.29. The molecular formula is C23H24ClNOP+. The Morgan fingerprint density at radius 2 is 1.15 bits per heavy atom. The quantitative estimate of drug-likeness (QED) is 0.464. The van der Waals surface area contributed by atoms with E-state index in [1.54, 1.807) is 0 Å². The fraction of sp³-hybridized carbons (Fsp3) is 0.217. The summed E-state index contributed by atoms with van der Waals surface area (Å²) in [5.74, 6) is 0. The molecule has 0 spiro atoms. The molecule has 1 heterocycles. The summed E-state index contributed by atoms with van der Waals surface area (Å²) in [5, 5.41) is 4.08. The fourth-order valence-electron chi connectivity index (χ4n) is 4.12. The van der Waals surface area contributed by atoms with Crippen LogP contribution in [0.25, 0.3) is 0 Å². The molecular weight excluding hydrogens is 373 g/mol. The van der Waals surface area contributed by atoms with Gasteiger partial charge in [-0.05, 0) is 36.4 Å². The summed E-state index contributed by atoms with van der Waals surface area (Å²) in [6, 6.07) is 32.6. The standard InChI is InChI=1S/C23H24NOP.ClH/c25-24-18-10-11-20(24)19-26(21-12-4-1-5-13-21,22-14-6-2-7-15-22)23-16-8-3-9-17-23;/h1-9,12-17,20H,10-11,18-19H2;1H/q+2;/p-1. The zero-order valence-electron chi connectivity index (χ0n) is 15.2. The smallest absolute Gasteiger partial charge is 0.235 e. The van der Waals surface area contributed by atoms with Gasteiger partial charge in [-0.3, -0.25) is 0 Å². The normalized spacial score (nSPS) is 16.7. The highest BCUT2D eigenvalue weighted by atomic mass is 35.5. The Hall–Kier alpha value is -2.02. The van der Waals surface area contributed by atoms with E-state index in [2.05, 4.69) is 91.0 Å². The van der Waals surface area contributed by atoms with Crippen LogP contribution in [-0.2, 0) is 0 Å². The summed E-state index contributed by atoms with van der Waals surface area (Å²) < 4.78 is 1.32. The summed E-state index contributed by atoms with van der Waals surface area (Å²) in [7, 11) is -1.88. The van der Waals surface area contributed by atoms with E-state index >= 15 is 0 Å². The van der Waals surface area contributed by atoms with Crippen LogP contribution in [0.2, 0.25) is 0 Å². The van der Waals surface area contributed by atoms with Crippen molar-refractivity contribution in [3.63, 3.8) is 0 Å². The second kappa shape index (κ2) is 8.78. The van der Waals surface area contributed by atoms with Gasteiger partial charge in [0, 0.05) is 22.5 Å². The number of halogens is 1. The first-order chi connectivity index (χ1) is 12.8. The van der Waals surface area contributed by atoms with E-state index in [4.69, 9.17) is 0 Å². The number of hydrogen-bond donors (Lipinski definition) is 0. The molecule has 0 amide bonds. The highest BCUT2D eigenvalue weighted by Crippen LogP contribution is 2.56. The van der Waals surface area contributed by atoms with E-state index in [-0.39, 0.29) is 18.4 Å². The predicted octanol–water partition coefficient (Wildman–Crippen LogP) is 0.926. The van der Waals surface area contributed by atoms with Crippen LogP contribution in [0.1, 0.15) is 12.8 Å². The van der Waals surface area contributed by atoms with Gasteiger partial charge in [0.05, 0.1) is 0 Å². The van der Waals surface area contributed by atoms with Crippen molar-refractivity contribution >= 4 is 23.2 Å². The van der Waals surface area contributed by atoms with Crippen LogP contribution in [0, 0.1) is 4.91 Å². The topological polar surface area (TPSA) is 20.1 Å². The molecule has 0 bridgehead atoms. The summed E-state index contributed by atoms with van der Waals surface area (Å²) in [5.41, 5.74) is 0. The number of rotatable bonds is 5. The molecule has 1 fully saturated rings. The lowest BCUT2D eigenvalue weighted by atomic mass is 10.2. The van der Waals surface area contributed by atoms with Crippen molar-refractivity contribution < 1.29 is 17.2 Å². The Morgan fingerprint density at radius 1 is 0.741 bits per heavy atom. The number of nitroso groups, excluding NO2 is 1. The SMILES string of the molecule is O=[N+]1CCCC1C[P+](c1ccccc1)(c1ccccc1)c1ccccc1.[Cl-]. The third-order valence-electron chi connectivity index (χ3n) is 5.40. The van der Waals surface area contributed by atoms with Gasteiger partial charge >= 0.3 is 0 Å². The molecule has 27 heavy (non-hydrogen) atoms. The molecule has 0 aliphatic carbocycles. The monoisotopic (exact) mass is 396 g/mol. The molecule has 3 aromatic rings. The maximum Gasteiger partial charge on any atom is 0.235 e. The lowest BCUT2D eigenvalue weighted by Crippen LogP contribution is -3.00. The number of hydrogen-bond acceptors (Lipinski definition) is 1. The largest absolute Gasteiger partial charge is 1.00 e. The minimum atomic E-state index is -1.88. The van der Waals surface area contributed by atoms with E-state index in [1.807, 2.05) is 0 Å². The summed E-state index contributed by atoms with van der Waals surface area (Å²) in [6.07, 6.45) is 2.92. The van der Waals surface area contributed by atoms with Gasteiger partial charge in [0.2, 0.25) is 6.04 Å². The molecule has 1 atom stereocenters. The van der Waals surface area contributed by atoms with E-state index in [0.29, 0.717) is 6.54 Å². The third-order valence-corrected chi connectivity index (χ3v) is 9.91. The Labute approximate surface area is 168 Å². The average Bonchev–Trinajstić information content (AvgIpc) is 3.12. The maximum atomic E-state index is 12.5.